The molecule has 0 aliphatic rings. The number of hydrogen-bond acceptors (Lipinski definition) is 17. The van der Waals surface area contributed by atoms with E-state index in [-0.39, 0.29) is 81.0 Å². The van der Waals surface area contributed by atoms with E-state index in [9.17, 15) is 45.1 Å². The highest BCUT2D eigenvalue weighted by atomic mass is 16.7. The number of benzene rings is 2. The number of methoxy groups -OCH3 is 2. The van der Waals surface area contributed by atoms with Crippen molar-refractivity contribution < 1.29 is 33.6 Å². The molecule has 0 aliphatic carbocycles. The average Bonchev–Trinajstić information content (AvgIpc) is 3.20. The van der Waals surface area contributed by atoms with E-state index in [1.807, 2.05) is 26.0 Å². The van der Waals surface area contributed by atoms with Crippen molar-refractivity contribution in [2.45, 2.75) is 66.5 Å². The van der Waals surface area contributed by atoms with Crippen molar-refractivity contribution in [3.63, 3.8) is 0 Å². The van der Waals surface area contributed by atoms with Crippen LogP contribution in [0.15, 0.2) is 66.4 Å². The van der Waals surface area contributed by atoms with Crippen LogP contribution in [-0.4, -0.2) is 39.4 Å². The molecule has 21 heteroatoms. The van der Waals surface area contributed by atoms with Gasteiger partial charge in [-0.25, -0.2) is 4.79 Å². The third-order valence-electron chi connectivity index (χ3n) is 8.59. The Morgan fingerprint density at radius 2 is 1.09 bits per heavy atom. The summed E-state index contributed by atoms with van der Waals surface area (Å²) in [6, 6.07) is 10.8. The normalized spacial score (nSPS) is 11.0. The van der Waals surface area contributed by atoms with Gasteiger partial charge in [-0.05, 0) is 38.8 Å². The van der Waals surface area contributed by atoms with Gasteiger partial charge in [0.15, 0.2) is 11.4 Å². The smallest absolute Gasteiger partial charge is 0.494 e. The van der Waals surface area contributed by atoms with Gasteiger partial charge in [0.2, 0.25) is 11.8 Å². The fourth-order valence-corrected chi connectivity index (χ4v) is 5.46. The molecule has 0 amide bonds. The minimum absolute atomic E-state index is 0.0642. The molecule has 0 bridgehead atoms. The third kappa shape index (κ3) is 9.17. The molecule has 0 unspecified atom stereocenters. The van der Waals surface area contributed by atoms with Gasteiger partial charge in [-0.1, -0.05) is 26.7 Å². The number of nitro groups is 2. The zero-order valence-electron chi connectivity index (χ0n) is 32.2. The van der Waals surface area contributed by atoms with Crippen molar-refractivity contribution in [1.29, 1.82) is 10.5 Å². The standard InChI is InChI=1S/C37H36N10O11/c1-7-9-15-44-33(48)25(19-38)21(3)31(42-40-27-17-23(46(51)52)11-13-29(27)55-5)35(44)57-37(50)58-36-32(22(4)26(20-39)34(49)45(36)16-10-8-2)43-41-28-18-24(47(53)54)12-14-30(28)56-6/h11-14,17-18H,7-10,15-16H2,1-6H3. The molecule has 0 fully saturated rings. The molecule has 0 aliphatic heterocycles. The van der Waals surface area contributed by atoms with Crippen LogP contribution in [0.2, 0.25) is 0 Å². The maximum Gasteiger partial charge on any atom is 0.522 e. The fourth-order valence-electron chi connectivity index (χ4n) is 5.46. The van der Waals surface area contributed by atoms with E-state index < -0.39 is 38.9 Å². The fraction of sp³-hybridized carbons (Fsp3) is 0.324. The monoisotopic (exact) mass is 796 g/mol. The van der Waals surface area contributed by atoms with E-state index in [1.54, 1.807) is 0 Å². The second kappa shape index (κ2) is 19.2. The zero-order valence-corrected chi connectivity index (χ0v) is 32.2. The molecule has 0 saturated heterocycles. The van der Waals surface area contributed by atoms with Gasteiger partial charge in [0.05, 0.1) is 24.1 Å². The minimum atomic E-state index is -1.53. The number of nitro benzene ring substituents is 2. The Hall–Kier alpha value is -7.81. The number of nitrogens with zero attached hydrogens (tertiary/aromatic N) is 10. The summed E-state index contributed by atoms with van der Waals surface area (Å²) in [5, 5.41) is 59.5. The number of unbranched alkanes of at least 4 members (excludes halogenated alkanes) is 2. The topological polar surface area (TPSA) is 281 Å². The summed E-state index contributed by atoms with van der Waals surface area (Å²) < 4.78 is 23.9. The Morgan fingerprint density at radius 1 is 0.707 bits per heavy atom. The number of hydrogen-bond donors (Lipinski definition) is 0. The van der Waals surface area contributed by atoms with Gasteiger partial charge in [-0.15, -0.1) is 20.5 Å². The second-order valence-corrected chi connectivity index (χ2v) is 12.2. The lowest BCUT2D eigenvalue weighted by molar-refractivity contribution is -0.385. The Labute approximate surface area is 329 Å². The van der Waals surface area contributed by atoms with Crippen LogP contribution in [0.25, 0.3) is 0 Å². The number of nitriles is 2. The predicted molar refractivity (Wildman–Crippen MR) is 204 cm³/mol. The molecule has 0 spiro atoms. The first-order valence-electron chi connectivity index (χ1n) is 17.5. The zero-order chi connectivity index (χ0) is 42.7. The second-order valence-electron chi connectivity index (χ2n) is 12.2. The van der Waals surface area contributed by atoms with Gasteiger partial charge < -0.3 is 18.9 Å². The summed E-state index contributed by atoms with van der Waals surface area (Å²) in [5.74, 6) is -0.880. The number of carbonyl (C=O) groups excluding carboxylic acids is 1. The summed E-state index contributed by atoms with van der Waals surface area (Å²) in [6.07, 6.45) is 0.325. The first-order chi connectivity index (χ1) is 27.8. The summed E-state index contributed by atoms with van der Waals surface area (Å²) >= 11 is 0. The summed E-state index contributed by atoms with van der Waals surface area (Å²) in [4.78, 5) is 62.9. The number of ether oxygens (including phenoxy) is 4. The molecule has 0 N–H and O–H groups in total. The van der Waals surface area contributed by atoms with Crippen molar-refractivity contribution in [2.24, 2.45) is 20.5 Å². The van der Waals surface area contributed by atoms with Crippen LogP contribution in [0, 0.1) is 56.7 Å². The first-order valence-corrected chi connectivity index (χ1v) is 17.5. The van der Waals surface area contributed by atoms with Gasteiger partial charge in [0.25, 0.3) is 22.5 Å². The third-order valence-corrected chi connectivity index (χ3v) is 8.59. The Morgan fingerprint density at radius 3 is 1.40 bits per heavy atom. The van der Waals surface area contributed by atoms with Crippen molar-refractivity contribution in [3.8, 4) is 35.4 Å². The molecule has 0 radical (unpaired) electrons. The predicted octanol–water partition coefficient (Wildman–Crippen LogP) is 8.21. The van der Waals surface area contributed by atoms with E-state index in [2.05, 4.69) is 20.5 Å². The summed E-state index contributed by atoms with van der Waals surface area (Å²) in [5.41, 5.74) is -4.02. The molecule has 58 heavy (non-hydrogen) atoms. The van der Waals surface area contributed by atoms with E-state index >= 15 is 0 Å². The van der Waals surface area contributed by atoms with Crippen LogP contribution in [0.1, 0.15) is 61.8 Å². The maximum atomic E-state index is 13.9. The molecular formula is C37H36N10O11. The molecular weight excluding hydrogens is 760 g/mol. The van der Waals surface area contributed by atoms with E-state index in [0.29, 0.717) is 25.7 Å². The molecule has 0 atom stereocenters. The molecule has 4 rings (SSSR count). The van der Waals surface area contributed by atoms with Crippen LogP contribution in [0.5, 0.6) is 23.3 Å². The number of azo groups is 2. The van der Waals surface area contributed by atoms with Crippen LogP contribution < -0.4 is 30.1 Å². The molecule has 21 nitrogen and oxygen atoms in total. The maximum absolute atomic E-state index is 13.9. The van der Waals surface area contributed by atoms with Crippen molar-refractivity contribution in [2.75, 3.05) is 14.2 Å². The minimum Gasteiger partial charge on any atom is -0.494 e. The van der Waals surface area contributed by atoms with E-state index in [4.69, 9.17) is 18.9 Å². The van der Waals surface area contributed by atoms with Crippen LogP contribution in [-0.2, 0) is 13.1 Å². The highest BCUT2D eigenvalue weighted by molar-refractivity contribution is 5.73. The van der Waals surface area contributed by atoms with Gasteiger partial charge in [0, 0.05) is 48.5 Å². The molecule has 4 aromatic rings. The SMILES string of the molecule is CCCCn1c(OC(=O)Oc2c(N=Nc3cc([N+](=O)[O-])ccc3OC)c(C)c(C#N)c(=O)n2CCCC)c(N=Nc2cc([N+](=O)[O-])ccc2OC)c(C)c(C#N)c1=O. The Balaban J connectivity index is 1.96. The van der Waals surface area contributed by atoms with Gasteiger partial charge in [0.1, 0.15) is 46.1 Å². The largest absolute Gasteiger partial charge is 0.522 e. The lowest BCUT2D eigenvalue weighted by Gasteiger charge is -2.19. The molecule has 2 heterocycles. The summed E-state index contributed by atoms with van der Waals surface area (Å²) in [7, 11) is 2.60. The van der Waals surface area contributed by atoms with Crippen LogP contribution in [0.4, 0.5) is 38.9 Å². The number of rotatable bonds is 16. The van der Waals surface area contributed by atoms with E-state index in [1.165, 1.54) is 52.3 Å². The average molecular weight is 797 g/mol. The van der Waals surface area contributed by atoms with Gasteiger partial charge >= 0.3 is 6.16 Å². The molecule has 2 aromatic carbocycles. The van der Waals surface area contributed by atoms with Crippen molar-refractivity contribution in [3.05, 3.63) is 99.6 Å². The van der Waals surface area contributed by atoms with E-state index in [0.717, 1.165) is 21.3 Å². The number of aromatic nitrogens is 2. The van der Waals surface area contributed by atoms with Gasteiger partial charge in [-0.2, -0.15) is 10.5 Å². The Kier molecular flexibility index (Phi) is 14.2. The van der Waals surface area contributed by atoms with Crippen molar-refractivity contribution in [1.82, 2.24) is 9.13 Å². The molecule has 2 aromatic heterocycles. The molecule has 300 valence electrons. The Bertz CT molecular complexity index is 2370. The lowest BCUT2D eigenvalue weighted by atomic mass is 10.1. The number of carbonyl (C=O) groups is 1. The quantitative estimate of drug-likeness (QED) is 0.0447. The number of non-ortho nitro benzene ring substituents is 2. The number of pyridine rings is 2. The van der Waals surface area contributed by atoms with Crippen molar-refractivity contribution >= 4 is 40.3 Å². The first kappa shape index (κ1) is 42.9. The highest BCUT2D eigenvalue weighted by Gasteiger charge is 2.28. The lowest BCUT2D eigenvalue weighted by Crippen LogP contribution is -2.30. The molecule has 0 saturated carbocycles. The van der Waals surface area contributed by atoms with Crippen LogP contribution in [0.3, 0.4) is 0 Å². The van der Waals surface area contributed by atoms with Gasteiger partial charge in [-0.3, -0.25) is 39.0 Å². The highest BCUT2D eigenvalue weighted by Crippen LogP contribution is 2.40. The van der Waals surface area contributed by atoms with Crippen LogP contribution >= 0.6 is 0 Å². The summed E-state index contributed by atoms with van der Waals surface area (Å²) in [6.45, 7) is 6.23.